The number of aryl methyl sites for hydroxylation is 1. The molecule has 1 aliphatic rings. The number of halogens is 1. The number of likely N-dealkylation sites (N-methyl/N-ethyl adjacent to an activating group) is 1. The summed E-state index contributed by atoms with van der Waals surface area (Å²) in [4.78, 5) is 44.1. The van der Waals surface area contributed by atoms with Gasteiger partial charge < -0.3 is 24.6 Å². The van der Waals surface area contributed by atoms with E-state index in [-0.39, 0.29) is 16.8 Å². The van der Waals surface area contributed by atoms with Crippen molar-refractivity contribution in [3.63, 3.8) is 0 Å². The molecule has 1 amide bonds. The van der Waals surface area contributed by atoms with E-state index in [2.05, 4.69) is 18.8 Å². The summed E-state index contributed by atoms with van der Waals surface area (Å²) in [6.45, 7) is 10.1. The molecular formula is C25H30ClN3O5. The Kier molecular flexibility index (Phi) is 7.84. The van der Waals surface area contributed by atoms with Gasteiger partial charge in [-0.3, -0.25) is 9.59 Å². The summed E-state index contributed by atoms with van der Waals surface area (Å²) in [6.07, 6.45) is 0. The van der Waals surface area contributed by atoms with Crippen LogP contribution in [0.5, 0.6) is 0 Å². The normalized spacial score (nSPS) is 17.6. The smallest absolute Gasteiger partial charge is 0.354 e. The lowest BCUT2D eigenvalue weighted by Gasteiger charge is -2.28. The molecule has 2 aromatic rings. The Morgan fingerprint density at radius 3 is 2.50 bits per heavy atom. The molecule has 2 heterocycles. The van der Waals surface area contributed by atoms with Gasteiger partial charge in [0, 0.05) is 16.3 Å². The Balaban J connectivity index is 2.19. The van der Waals surface area contributed by atoms with E-state index in [1.807, 2.05) is 0 Å². The standard InChI is InChI=1S/C25H30ClN3O5/c1-6-28(7-2)11-12-29-21(16-9-8-10-17(26)13-16)19(23(31)24(29)32)22(30)18-14(3)20(25(33)34-5)27-15(18)4/h8-10,13,21,27,30H,6-7,11-12H2,1-5H3. The number of Topliss-reactive ketones (excluding diaryl/α,β-unsaturated/α-hetero) is 1. The van der Waals surface area contributed by atoms with Gasteiger partial charge in [-0.2, -0.15) is 0 Å². The van der Waals surface area contributed by atoms with E-state index >= 15 is 0 Å². The molecule has 1 unspecified atom stereocenters. The summed E-state index contributed by atoms with van der Waals surface area (Å²) >= 11 is 6.22. The predicted octanol–water partition coefficient (Wildman–Crippen LogP) is 1.22. The second kappa shape index (κ2) is 10.4. The number of carbonyl (C=O) groups is 3. The highest BCUT2D eigenvalue weighted by atomic mass is 35.5. The Morgan fingerprint density at radius 2 is 1.91 bits per heavy atom. The Bertz CT molecular complexity index is 1150. The average Bonchev–Trinajstić information content (AvgIpc) is 3.26. The predicted molar refractivity (Wildman–Crippen MR) is 126 cm³/mol. The van der Waals surface area contributed by atoms with Crippen molar-refractivity contribution in [3.05, 3.63) is 62.9 Å². The second-order valence-electron chi connectivity index (χ2n) is 8.35. The lowest BCUT2D eigenvalue weighted by atomic mass is 9.94. The van der Waals surface area contributed by atoms with Crippen molar-refractivity contribution in [1.82, 2.24) is 9.88 Å². The number of aromatic amines is 1. The number of amides is 1. The summed E-state index contributed by atoms with van der Waals surface area (Å²) in [5.41, 5.74) is 1.58. The zero-order valence-corrected chi connectivity index (χ0v) is 20.8. The summed E-state index contributed by atoms with van der Waals surface area (Å²) in [7, 11) is 1.25. The van der Waals surface area contributed by atoms with E-state index in [9.17, 15) is 19.5 Å². The van der Waals surface area contributed by atoms with Crippen LogP contribution in [0.4, 0.5) is 0 Å². The lowest BCUT2D eigenvalue weighted by Crippen LogP contribution is -3.12. The molecule has 0 saturated carbocycles. The highest BCUT2D eigenvalue weighted by molar-refractivity contribution is 6.46. The van der Waals surface area contributed by atoms with Gasteiger partial charge in [-0.25, -0.2) is 4.79 Å². The number of rotatable bonds is 8. The maximum absolute atomic E-state index is 13.8. The van der Waals surface area contributed by atoms with Gasteiger partial charge in [0.1, 0.15) is 5.69 Å². The van der Waals surface area contributed by atoms with Crippen molar-refractivity contribution in [3.8, 4) is 0 Å². The largest absolute Gasteiger partial charge is 0.872 e. The van der Waals surface area contributed by atoms with Crippen LogP contribution in [0.25, 0.3) is 5.76 Å². The van der Waals surface area contributed by atoms with Gasteiger partial charge in [-0.15, -0.1) is 0 Å². The Labute approximate surface area is 204 Å². The monoisotopic (exact) mass is 487 g/mol. The molecule has 34 heavy (non-hydrogen) atoms. The topological polar surface area (TPSA) is 107 Å². The molecule has 0 aliphatic carbocycles. The number of ketones is 1. The number of nitrogens with zero attached hydrogens (tertiary/aromatic N) is 1. The minimum Gasteiger partial charge on any atom is -0.872 e. The minimum absolute atomic E-state index is 0.136. The van der Waals surface area contributed by atoms with Crippen LogP contribution in [-0.2, 0) is 14.3 Å². The van der Waals surface area contributed by atoms with E-state index < -0.39 is 29.5 Å². The summed E-state index contributed by atoms with van der Waals surface area (Å²) in [5, 5.41) is 14.2. The molecular weight excluding hydrogens is 458 g/mol. The molecule has 0 spiro atoms. The number of methoxy groups -OCH3 is 1. The number of quaternary nitrogens is 1. The van der Waals surface area contributed by atoms with E-state index in [0.717, 1.165) is 13.1 Å². The van der Waals surface area contributed by atoms with Crippen LogP contribution >= 0.6 is 11.6 Å². The highest BCUT2D eigenvalue weighted by Crippen LogP contribution is 2.40. The van der Waals surface area contributed by atoms with Crippen LogP contribution in [-0.4, -0.2) is 60.8 Å². The van der Waals surface area contributed by atoms with Crippen molar-refractivity contribution >= 4 is 35.0 Å². The molecule has 2 N–H and O–H groups in total. The van der Waals surface area contributed by atoms with E-state index in [1.54, 1.807) is 38.1 Å². The van der Waals surface area contributed by atoms with Crippen molar-refractivity contribution in [2.45, 2.75) is 33.7 Å². The number of hydrogen-bond donors (Lipinski definition) is 2. The SMILES string of the molecule is CC[NH+](CC)CCN1C(=O)C(=O)C(=C([O-])c2c(C)[nH]c(C(=O)OC)c2C)C1c1cccc(Cl)c1. The Hall–Kier alpha value is -3.10. The first-order valence-corrected chi connectivity index (χ1v) is 11.7. The fraction of sp³-hybridized carbons (Fsp3) is 0.400. The maximum atomic E-state index is 13.8. The molecule has 1 aromatic heterocycles. The van der Waals surface area contributed by atoms with Gasteiger partial charge in [0.15, 0.2) is 0 Å². The van der Waals surface area contributed by atoms with Gasteiger partial charge in [-0.05, 0) is 56.5 Å². The molecule has 1 atom stereocenters. The number of esters is 1. The zero-order valence-electron chi connectivity index (χ0n) is 20.1. The van der Waals surface area contributed by atoms with Crippen LogP contribution in [0.1, 0.15) is 52.8 Å². The molecule has 182 valence electrons. The number of hydrogen-bond acceptors (Lipinski definition) is 5. The third-order valence-corrected chi connectivity index (χ3v) is 6.69. The number of nitrogens with one attached hydrogen (secondary N) is 2. The van der Waals surface area contributed by atoms with Crippen LogP contribution in [0.3, 0.4) is 0 Å². The molecule has 0 bridgehead atoms. The van der Waals surface area contributed by atoms with E-state index in [1.165, 1.54) is 16.9 Å². The molecule has 1 aliphatic heterocycles. The van der Waals surface area contributed by atoms with Crippen LogP contribution in [0.15, 0.2) is 29.8 Å². The molecule has 1 saturated heterocycles. The first-order valence-electron chi connectivity index (χ1n) is 11.3. The highest BCUT2D eigenvalue weighted by Gasteiger charge is 2.44. The minimum atomic E-state index is -0.864. The van der Waals surface area contributed by atoms with Crippen molar-refractivity contribution in [1.29, 1.82) is 0 Å². The summed E-state index contributed by atoms with van der Waals surface area (Å²) < 4.78 is 4.79. The average molecular weight is 488 g/mol. The number of H-pyrrole nitrogens is 1. The zero-order chi connectivity index (χ0) is 25.2. The summed E-state index contributed by atoms with van der Waals surface area (Å²) in [6, 6.07) is 5.97. The van der Waals surface area contributed by atoms with Gasteiger partial charge in [-0.1, -0.05) is 29.5 Å². The second-order valence-corrected chi connectivity index (χ2v) is 8.79. The van der Waals surface area contributed by atoms with Gasteiger partial charge >= 0.3 is 5.97 Å². The van der Waals surface area contributed by atoms with Gasteiger partial charge in [0.25, 0.3) is 5.91 Å². The number of likely N-dealkylation sites (tertiary alicyclic amines) is 1. The quantitative estimate of drug-likeness (QED) is 0.252. The molecule has 9 heteroatoms. The van der Waals surface area contributed by atoms with Crippen LogP contribution < -0.4 is 10.0 Å². The van der Waals surface area contributed by atoms with Gasteiger partial charge in [0.2, 0.25) is 5.78 Å². The van der Waals surface area contributed by atoms with Crippen LogP contribution in [0.2, 0.25) is 5.02 Å². The third-order valence-electron chi connectivity index (χ3n) is 6.45. The molecule has 3 rings (SSSR count). The molecule has 8 nitrogen and oxygen atoms in total. The van der Waals surface area contributed by atoms with E-state index in [0.29, 0.717) is 34.9 Å². The fourth-order valence-corrected chi connectivity index (χ4v) is 4.74. The van der Waals surface area contributed by atoms with Crippen molar-refractivity contribution < 1.29 is 29.1 Å². The lowest BCUT2D eigenvalue weighted by molar-refractivity contribution is -0.895. The number of benzene rings is 1. The maximum Gasteiger partial charge on any atom is 0.354 e. The Morgan fingerprint density at radius 1 is 1.24 bits per heavy atom. The molecule has 1 aromatic carbocycles. The number of aromatic nitrogens is 1. The fourth-order valence-electron chi connectivity index (χ4n) is 4.54. The van der Waals surface area contributed by atoms with Crippen LogP contribution in [0, 0.1) is 13.8 Å². The van der Waals surface area contributed by atoms with Gasteiger partial charge in [0.05, 0.1) is 39.3 Å². The summed E-state index contributed by atoms with van der Waals surface area (Å²) in [5.74, 6) is -2.74. The first kappa shape index (κ1) is 25.5. The molecule has 0 radical (unpaired) electrons. The number of carbonyl (C=O) groups excluding carboxylic acids is 3. The third kappa shape index (κ3) is 4.60. The van der Waals surface area contributed by atoms with Crippen molar-refractivity contribution in [2.75, 3.05) is 33.3 Å². The number of ether oxygens (including phenoxy) is 1. The molecule has 1 fully saturated rings. The van der Waals surface area contributed by atoms with Crippen molar-refractivity contribution in [2.24, 2.45) is 0 Å². The first-order chi connectivity index (χ1) is 16.2. The van der Waals surface area contributed by atoms with E-state index in [4.69, 9.17) is 16.3 Å².